The highest BCUT2D eigenvalue weighted by Gasteiger charge is 2.06. The molecule has 0 heterocycles. The summed E-state index contributed by atoms with van der Waals surface area (Å²) in [4.78, 5) is 12.0. The van der Waals surface area contributed by atoms with E-state index in [0.29, 0.717) is 5.75 Å². The summed E-state index contributed by atoms with van der Waals surface area (Å²) in [5.41, 5.74) is 4.12. The van der Waals surface area contributed by atoms with Crippen LogP contribution in [0.25, 0.3) is 0 Å². The van der Waals surface area contributed by atoms with Crippen LogP contribution in [0.15, 0.2) is 78.9 Å². The van der Waals surface area contributed by atoms with Crippen molar-refractivity contribution in [2.45, 2.75) is 19.9 Å². The van der Waals surface area contributed by atoms with Gasteiger partial charge in [0.1, 0.15) is 5.75 Å². The molecule has 0 aliphatic rings. The van der Waals surface area contributed by atoms with Gasteiger partial charge in [0.25, 0.3) is 5.91 Å². The second kappa shape index (κ2) is 8.90. The van der Waals surface area contributed by atoms with E-state index in [1.54, 1.807) is 0 Å². The summed E-state index contributed by atoms with van der Waals surface area (Å²) in [6.45, 7) is 4.11. The second-order valence-corrected chi connectivity index (χ2v) is 6.50. The van der Waals surface area contributed by atoms with Crippen LogP contribution in [0.3, 0.4) is 0 Å². The third-order valence-corrected chi connectivity index (χ3v) is 4.24. The van der Waals surface area contributed by atoms with E-state index in [-0.39, 0.29) is 18.6 Å². The molecule has 0 saturated carbocycles. The van der Waals surface area contributed by atoms with Gasteiger partial charge in [-0.05, 0) is 55.8 Å². The van der Waals surface area contributed by atoms with Gasteiger partial charge in [-0.25, -0.2) is 0 Å². The predicted molar refractivity (Wildman–Crippen MR) is 110 cm³/mol. The normalized spacial score (nSPS) is 11.5. The summed E-state index contributed by atoms with van der Waals surface area (Å²) in [6.07, 6.45) is 0. The lowest BCUT2D eigenvalue weighted by Crippen LogP contribution is -2.20. The fourth-order valence-electron chi connectivity index (χ4n) is 2.71. The molecular weight excluding hydrogens is 336 g/mol. The maximum absolute atomic E-state index is 12.0. The fraction of sp³-hybridized carbons (Fsp3) is 0.174. The quantitative estimate of drug-likeness (QED) is 0.610. The van der Waals surface area contributed by atoms with Crippen molar-refractivity contribution in [3.05, 3.63) is 90.0 Å². The Morgan fingerprint density at radius 3 is 2.19 bits per heavy atom. The van der Waals surface area contributed by atoms with Gasteiger partial charge in [-0.3, -0.25) is 4.79 Å². The number of anilines is 2. The van der Waals surface area contributed by atoms with E-state index in [0.717, 1.165) is 16.9 Å². The third-order valence-electron chi connectivity index (χ3n) is 4.24. The summed E-state index contributed by atoms with van der Waals surface area (Å²) >= 11 is 0. The number of amides is 1. The molecule has 0 radical (unpaired) electrons. The zero-order valence-electron chi connectivity index (χ0n) is 15.6. The molecular formula is C23H24N2O2. The number of hydrogen-bond acceptors (Lipinski definition) is 3. The van der Waals surface area contributed by atoms with E-state index in [2.05, 4.69) is 29.7 Å². The summed E-state index contributed by atoms with van der Waals surface area (Å²) in [6, 6.07) is 25.8. The Balaban J connectivity index is 1.49. The van der Waals surface area contributed by atoms with Crippen LogP contribution in [0.5, 0.6) is 5.75 Å². The molecule has 1 amide bonds. The molecule has 0 saturated heterocycles. The van der Waals surface area contributed by atoms with Crippen molar-refractivity contribution < 1.29 is 9.53 Å². The Morgan fingerprint density at radius 2 is 1.52 bits per heavy atom. The van der Waals surface area contributed by atoms with Crippen molar-refractivity contribution in [3.63, 3.8) is 0 Å². The summed E-state index contributed by atoms with van der Waals surface area (Å²) in [5.74, 6) is 0.499. The first-order valence-electron chi connectivity index (χ1n) is 9.01. The van der Waals surface area contributed by atoms with Gasteiger partial charge in [-0.1, -0.05) is 48.0 Å². The molecule has 0 fully saturated rings. The monoisotopic (exact) mass is 360 g/mol. The van der Waals surface area contributed by atoms with Crippen LogP contribution in [0.1, 0.15) is 24.1 Å². The first kappa shape index (κ1) is 18.5. The molecule has 1 unspecified atom stereocenters. The Hall–Kier alpha value is -3.27. The van der Waals surface area contributed by atoms with Gasteiger partial charge in [-0.15, -0.1) is 0 Å². The number of nitrogens with one attached hydrogen (secondary N) is 2. The molecule has 0 bridgehead atoms. The molecule has 2 N–H and O–H groups in total. The highest BCUT2D eigenvalue weighted by molar-refractivity contribution is 5.92. The van der Waals surface area contributed by atoms with E-state index < -0.39 is 0 Å². The maximum Gasteiger partial charge on any atom is 0.262 e. The van der Waals surface area contributed by atoms with Crippen LogP contribution in [-0.2, 0) is 4.79 Å². The highest BCUT2D eigenvalue weighted by atomic mass is 16.5. The molecule has 1 atom stereocenters. The average molecular weight is 360 g/mol. The Kier molecular flexibility index (Phi) is 6.10. The molecule has 3 rings (SSSR count). The van der Waals surface area contributed by atoms with Crippen molar-refractivity contribution in [2.75, 3.05) is 17.2 Å². The lowest BCUT2D eigenvalue weighted by Gasteiger charge is -2.16. The van der Waals surface area contributed by atoms with Crippen LogP contribution in [0, 0.1) is 6.92 Å². The number of carbonyl (C=O) groups is 1. The number of aryl methyl sites for hydroxylation is 1. The van der Waals surface area contributed by atoms with E-state index >= 15 is 0 Å². The van der Waals surface area contributed by atoms with Crippen LogP contribution < -0.4 is 15.4 Å². The van der Waals surface area contributed by atoms with Gasteiger partial charge in [-0.2, -0.15) is 0 Å². The summed E-state index contributed by atoms with van der Waals surface area (Å²) < 4.78 is 5.50. The topological polar surface area (TPSA) is 50.4 Å². The lowest BCUT2D eigenvalue weighted by molar-refractivity contribution is -0.118. The molecule has 4 heteroatoms. The van der Waals surface area contributed by atoms with Crippen LogP contribution in [0.4, 0.5) is 11.4 Å². The number of ether oxygens (including phenoxy) is 1. The minimum absolute atomic E-state index is 0.0197. The van der Waals surface area contributed by atoms with Gasteiger partial charge in [0.15, 0.2) is 6.61 Å². The Morgan fingerprint density at radius 1 is 0.889 bits per heavy atom. The Labute approximate surface area is 160 Å². The number of rotatable bonds is 7. The predicted octanol–water partition coefficient (Wildman–Crippen LogP) is 5.19. The summed E-state index contributed by atoms with van der Waals surface area (Å²) in [7, 11) is 0. The molecule has 138 valence electrons. The third kappa shape index (κ3) is 5.61. The average Bonchev–Trinajstić information content (AvgIpc) is 2.70. The maximum atomic E-state index is 12.0. The SMILES string of the molecule is Cc1ccc(OCC(=O)Nc2ccc(NC(C)c3ccccc3)cc2)cc1. The van der Waals surface area contributed by atoms with Gasteiger partial charge in [0, 0.05) is 17.4 Å². The largest absolute Gasteiger partial charge is 0.484 e. The first-order chi connectivity index (χ1) is 13.1. The van der Waals surface area contributed by atoms with Crippen molar-refractivity contribution in [2.24, 2.45) is 0 Å². The van der Waals surface area contributed by atoms with E-state index in [1.165, 1.54) is 5.56 Å². The number of carbonyl (C=O) groups excluding carboxylic acids is 1. The van der Waals surface area contributed by atoms with Gasteiger partial charge >= 0.3 is 0 Å². The molecule has 27 heavy (non-hydrogen) atoms. The number of hydrogen-bond donors (Lipinski definition) is 2. The Bertz CT molecular complexity index is 859. The van der Waals surface area contributed by atoms with Crippen molar-refractivity contribution in [1.82, 2.24) is 0 Å². The molecule has 4 nitrogen and oxygen atoms in total. The standard InChI is InChI=1S/C23H24N2O2/c1-17-8-14-22(15-9-17)27-16-23(26)25-21-12-10-20(11-13-21)24-18(2)19-6-4-3-5-7-19/h3-15,18,24H,16H2,1-2H3,(H,25,26). The van der Waals surface area contributed by atoms with Crippen LogP contribution in [0.2, 0.25) is 0 Å². The van der Waals surface area contributed by atoms with E-state index in [4.69, 9.17) is 4.74 Å². The minimum Gasteiger partial charge on any atom is -0.484 e. The molecule has 3 aromatic rings. The summed E-state index contributed by atoms with van der Waals surface area (Å²) in [5, 5.41) is 6.30. The van der Waals surface area contributed by atoms with E-state index in [9.17, 15) is 4.79 Å². The fourth-order valence-corrected chi connectivity index (χ4v) is 2.71. The van der Waals surface area contributed by atoms with Crippen LogP contribution >= 0.6 is 0 Å². The van der Waals surface area contributed by atoms with Crippen molar-refractivity contribution in [1.29, 1.82) is 0 Å². The second-order valence-electron chi connectivity index (χ2n) is 6.50. The molecule has 0 aromatic heterocycles. The molecule has 0 spiro atoms. The van der Waals surface area contributed by atoms with Crippen molar-refractivity contribution in [3.8, 4) is 5.75 Å². The van der Waals surface area contributed by atoms with Crippen LogP contribution in [-0.4, -0.2) is 12.5 Å². The highest BCUT2D eigenvalue weighted by Crippen LogP contribution is 2.20. The van der Waals surface area contributed by atoms with Gasteiger partial charge in [0.05, 0.1) is 0 Å². The first-order valence-corrected chi connectivity index (χ1v) is 9.01. The van der Waals surface area contributed by atoms with Crippen molar-refractivity contribution >= 4 is 17.3 Å². The lowest BCUT2D eigenvalue weighted by atomic mass is 10.1. The molecule has 0 aliphatic heterocycles. The van der Waals surface area contributed by atoms with E-state index in [1.807, 2.05) is 73.7 Å². The van der Waals surface area contributed by atoms with Gasteiger partial charge < -0.3 is 15.4 Å². The zero-order chi connectivity index (χ0) is 19.1. The zero-order valence-corrected chi connectivity index (χ0v) is 15.6. The molecule has 0 aliphatic carbocycles. The molecule has 3 aromatic carbocycles. The smallest absolute Gasteiger partial charge is 0.262 e. The van der Waals surface area contributed by atoms with Gasteiger partial charge in [0.2, 0.25) is 0 Å². The number of benzene rings is 3. The minimum atomic E-state index is -0.186.